The Kier molecular flexibility index (Phi) is 6.65. The molecule has 24 heteroatoms. The van der Waals surface area contributed by atoms with Gasteiger partial charge in [0.1, 0.15) is 53.7 Å². The highest BCUT2D eigenvalue weighted by molar-refractivity contribution is 8.07. The fraction of sp³-hybridized carbons (Fsp3) is 0.524. The molecule has 0 spiro atoms. The Labute approximate surface area is 256 Å². The second kappa shape index (κ2) is 10.2. The van der Waals surface area contributed by atoms with Gasteiger partial charge in [0.2, 0.25) is 0 Å². The molecule has 1 unspecified atom stereocenters. The number of nitrogens with two attached hydrogens (primary N) is 2. The van der Waals surface area contributed by atoms with E-state index in [2.05, 4.69) is 34.6 Å². The Balaban J connectivity index is 1.10. The number of hydrogen-bond acceptors (Lipinski definition) is 17. The van der Waals surface area contributed by atoms with E-state index in [0.717, 1.165) is 0 Å². The minimum atomic E-state index is -4.56. The predicted molar refractivity (Wildman–Crippen MR) is 150 cm³/mol. The molecule has 240 valence electrons. The number of nitrogens with zero attached hydrogens (tertiary/aromatic N) is 8. The third-order valence-electron chi connectivity index (χ3n) is 7.98. The van der Waals surface area contributed by atoms with Crippen molar-refractivity contribution < 1.29 is 45.1 Å². The molecule has 0 amide bonds. The Morgan fingerprint density at radius 3 is 2.31 bits per heavy atom. The average Bonchev–Trinajstić information content (AvgIpc) is 3.80. The zero-order valence-electron chi connectivity index (χ0n) is 22.6. The van der Waals surface area contributed by atoms with Gasteiger partial charge in [-0.3, -0.25) is 13.7 Å². The molecule has 4 saturated heterocycles. The molecule has 4 aliphatic heterocycles. The van der Waals surface area contributed by atoms with Crippen molar-refractivity contribution >= 4 is 62.8 Å². The van der Waals surface area contributed by atoms with Crippen LogP contribution in [0.5, 0.6) is 0 Å². The van der Waals surface area contributed by atoms with Crippen LogP contribution in [0.25, 0.3) is 22.3 Å². The lowest BCUT2D eigenvalue weighted by Crippen LogP contribution is -2.49. The number of nitrogens with one attached hydrogen (secondary N) is 1. The molecule has 0 radical (unpaired) electrons. The summed E-state index contributed by atoms with van der Waals surface area (Å²) >= 11 is 5.26. The lowest BCUT2D eigenvalue weighted by Gasteiger charge is -2.33. The van der Waals surface area contributed by atoms with Crippen molar-refractivity contribution in [2.24, 2.45) is 0 Å². The smallest absolute Gasteiger partial charge is 0.336 e. The maximum Gasteiger partial charge on any atom is 0.336 e. The molecule has 6 N–H and O–H groups in total. The van der Waals surface area contributed by atoms with Gasteiger partial charge in [0.15, 0.2) is 41.6 Å². The molecule has 0 saturated carbocycles. The summed E-state index contributed by atoms with van der Waals surface area (Å²) in [6, 6.07) is 0. The van der Waals surface area contributed by atoms with Crippen LogP contribution in [0.1, 0.15) is 12.5 Å². The topological polar surface area (TPSA) is 261 Å². The van der Waals surface area contributed by atoms with E-state index in [9.17, 15) is 13.3 Å². The molecular formula is C21H23FN11O9PS2. The van der Waals surface area contributed by atoms with Gasteiger partial charge in [0.25, 0.3) is 0 Å². The number of rotatable bonds is 2. The molecule has 4 aliphatic rings. The van der Waals surface area contributed by atoms with Crippen molar-refractivity contribution in [2.75, 3.05) is 31.2 Å². The molecule has 4 aromatic heterocycles. The number of halogens is 1. The number of imidazole rings is 2. The summed E-state index contributed by atoms with van der Waals surface area (Å²) < 4.78 is 82.6. The molecule has 8 rings (SSSR count). The van der Waals surface area contributed by atoms with Gasteiger partial charge in [-0.05, 0) is 11.8 Å². The minimum absolute atomic E-state index is 0.0605. The number of ether oxygens (including phenoxy) is 3. The summed E-state index contributed by atoms with van der Waals surface area (Å²) in [4.78, 5) is 35.5. The van der Waals surface area contributed by atoms with Crippen molar-refractivity contribution in [3.63, 3.8) is 0 Å². The van der Waals surface area contributed by atoms with E-state index in [1.54, 1.807) is 0 Å². The van der Waals surface area contributed by atoms with Crippen LogP contribution in [0.15, 0.2) is 25.3 Å². The first kappa shape index (κ1) is 29.3. The van der Waals surface area contributed by atoms with Crippen LogP contribution in [0, 0.1) is 0 Å². The number of aromatic nitrogens is 8. The van der Waals surface area contributed by atoms with Gasteiger partial charge in [-0.2, -0.15) is 13.1 Å². The van der Waals surface area contributed by atoms with Crippen molar-refractivity contribution in [1.29, 1.82) is 0 Å². The van der Waals surface area contributed by atoms with Crippen molar-refractivity contribution in [2.45, 2.75) is 48.6 Å². The second-order valence-corrected chi connectivity index (χ2v) is 14.8. The summed E-state index contributed by atoms with van der Waals surface area (Å²) in [5.74, 6) is 0.183. The summed E-state index contributed by atoms with van der Waals surface area (Å²) in [5, 5.41) is 0. The minimum Gasteiger partial charge on any atom is -0.382 e. The highest BCUT2D eigenvalue weighted by atomic mass is 32.5. The van der Waals surface area contributed by atoms with Crippen LogP contribution < -0.4 is 16.2 Å². The van der Waals surface area contributed by atoms with Crippen LogP contribution in [-0.4, -0.2) is 108 Å². The summed E-state index contributed by atoms with van der Waals surface area (Å²) in [7, 11) is -4.56. The quantitative estimate of drug-likeness (QED) is 0.176. The van der Waals surface area contributed by atoms with Crippen molar-refractivity contribution in [3.8, 4) is 0 Å². The lowest BCUT2D eigenvalue weighted by molar-refractivity contribution is -0.183. The highest BCUT2D eigenvalue weighted by Gasteiger charge is 2.65. The molecule has 20 nitrogen and oxygen atoms in total. The first-order valence-electron chi connectivity index (χ1n) is 13.2. The van der Waals surface area contributed by atoms with Gasteiger partial charge >= 0.3 is 17.0 Å². The number of nitrogen functional groups attached to an aromatic ring is 2. The van der Waals surface area contributed by atoms with Crippen LogP contribution in [0.2, 0.25) is 0 Å². The maximum atomic E-state index is 16.1. The zero-order valence-corrected chi connectivity index (χ0v) is 25.1. The first-order valence-corrected chi connectivity index (χ1v) is 17.2. The number of fused-ring (bicyclic) bond motifs is 3. The lowest BCUT2D eigenvalue weighted by atomic mass is 10.0. The molecule has 0 aromatic carbocycles. The number of hydrogen-bond donors (Lipinski definition) is 4. The van der Waals surface area contributed by atoms with E-state index >= 15 is 4.39 Å². The zero-order chi connectivity index (χ0) is 31.3. The first-order chi connectivity index (χ1) is 21.5. The van der Waals surface area contributed by atoms with E-state index < -0.39 is 78.8 Å². The van der Waals surface area contributed by atoms with Crippen LogP contribution in [0.4, 0.5) is 16.0 Å². The molecular weight excluding hydrogens is 664 g/mol. The van der Waals surface area contributed by atoms with E-state index in [4.69, 9.17) is 50.7 Å². The Morgan fingerprint density at radius 2 is 1.64 bits per heavy atom. The van der Waals surface area contributed by atoms with Gasteiger partial charge < -0.3 is 35.1 Å². The van der Waals surface area contributed by atoms with E-state index in [1.165, 1.54) is 34.4 Å². The normalized spacial score (nSPS) is 38.1. The monoisotopic (exact) mass is 687 g/mol. The van der Waals surface area contributed by atoms with Crippen LogP contribution in [-0.2, 0) is 49.6 Å². The predicted octanol–water partition coefficient (Wildman–Crippen LogP) is -1.42. The number of alkyl halides is 1. The Hall–Kier alpha value is -3.09. The van der Waals surface area contributed by atoms with Gasteiger partial charge in [-0.25, -0.2) is 38.5 Å². The van der Waals surface area contributed by atoms with Gasteiger partial charge in [-0.1, -0.05) is 0 Å². The fourth-order valence-electron chi connectivity index (χ4n) is 5.91. The summed E-state index contributed by atoms with van der Waals surface area (Å²) in [5.41, 5.74) is 11.1. The Morgan fingerprint density at radius 1 is 1.00 bits per heavy atom. The molecule has 2 bridgehead atoms. The van der Waals surface area contributed by atoms with Crippen molar-refractivity contribution in [3.05, 3.63) is 25.3 Å². The Bertz CT molecular complexity index is 1990. The van der Waals surface area contributed by atoms with Crippen molar-refractivity contribution in [1.82, 2.24) is 43.8 Å². The largest absolute Gasteiger partial charge is 0.382 e. The third kappa shape index (κ3) is 4.69. The molecule has 8 heterocycles. The SMILES string of the molecule is Nc1ncnc2c1ncn2[C@@H]1O[C@@H]2CNS(=O)(=O)O[C@H]3[C@H]4OC[C@]3(COP(O)(=S)O[C@H]2[C@H]1F)O[C@H]4n1cnc2c(N)ncnc21. The fourth-order valence-corrected chi connectivity index (χ4v) is 8.37. The molecule has 9 atom stereocenters. The second-order valence-electron chi connectivity index (χ2n) is 10.7. The van der Waals surface area contributed by atoms with E-state index in [0.29, 0.717) is 5.65 Å². The van der Waals surface area contributed by atoms with Gasteiger partial charge in [0.05, 0.1) is 25.9 Å². The third-order valence-corrected chi connectivity index (χ3v) is 10.5. The standard InChI is InChI=1S/C21H23FN11O9PS2/c22-9-12-8(39-19(9)32-6-29-10-15(23)25-4-27-17(10)32)1-31-45(35,36)42-14-13-20(33-7-30-11-16(24)26-5-28-18(11)33)40-21(14,2-37-13)3-38-43(34,44)41-12/h4-9,12-14,19-20,31H,1-3H2,(H,34,44)(H2,23,25,27)(H2,24,26,28)/t8-,9-,12-,13-,14+,19-,20-,21-,43?/m1/s1. The maximum absolute atomic E-state index is 16.1. The summed E-state index contributed by atoms with van der Waals surface area (Å²) in [6.45, 7) is -5.51. The number of anilines is 2. The van der Waals surface area contributed by atoms with Crippen LogP contribution >= 0.6 is 6.72 Å². The molecule has 4 aromatic rings. The average molecular weight is 688 g/mol. The van der Waals surface area contributed by atoms with Gasteiger partial charge in [-0.15, -0.1) is 0 Å². The molecule has 0 aliphatic carbocycles. The summed E-state index contributed by atoms with van der Waals surface area (Å²) in [6.07, 6.45) is -4.61. The van der Waals surface area contributed by atoms with Gasteiger partial charge in [0, 0.05) is 6.54 Å². The van der Waals surface area contributed by atoms with Crippen LogP contribution in [0.3, 0.4) is 0 Å². The highest BCUT2D eigenvalue weighted by Crippen LogP contribution is 2.54. The molecule has 45 heavy (non-hydrogen) atoms. The van der Waals surface area contributed by atoms with E-state index in [1.807, 2.05) is 0 Å². The van der Waals surface area contributed by atoms with E-state index in [-0.39, 0.29) is 34.9 Å². The molecule has 4 fully saturated rings.